The first-order valence-corrected chi connectivity index (χ1v) is 8.71. The molecule has 132 valence electrons. The van der Waals surface area contributed by atoms with Crippen molar-refractivity contribution in [2.45, 2.75) is 26.9 Å². The van der Waals surface area contributed by atoms with Crippen molar-refractivity contribution in [2.24, 2.45) is 0 Å². The molecule has 3 rings (SSSR count). The predicted molar refractivity (Wildman–Crippen MR) is 96.6 cm³/mol. The first kappa shape index (κ1) is 17.2. The van der Waals surface area contributed by atoms with Crippen molar-refractivity contribution in [1.82, 2.24) is 14.9 Å². The predicted octanol–water partition coefficient (Wildman–Crippen LogP) is 2.81. The van der Waals surface area contributed by atoms with Crippen molar-refractivity contribution in [2.75, 3.05) is 31.1 Å². The first-order valence-electron chi connectivity index (χ1n) is 8.71. The lowest BCUT2D eigenvalue weighted by atomic mass is 10.2. The topological polar surface area (TPSA) is 58.6 Å². The summed E-state index contributed by atoms with van der Waals surface area (Å²) in [6, 6.07) is 11.8. The highest BCUT2D eigenvalue weighted by molar-refractivity contribution is 5.68. The van der Waals surface area contributed by atoms with Gasteiger partial charge in [0.1, 0.15) is 18.2 Å². The molecule has 0 N–H and O–H groups in total. The second-order valence-electron chi connectivity index (χ2n) is 6.13. The van der Waals surface area contributed by atoms with Crippen LogP contribution >= 0.6 is 0 Å². The third kappa shape index (κ3) is 4.47. The third-order valence-corrected chi connectivity index (χ3v) is 4.31. The summed E-state index contributed by atoms with van der Waals surface area (Å²) in [4.78, 5) is 25.1. The molecule has 1 aliphatic heterocycles. The van der Waals surface area contributed by atoms with Crippen LogP contribution in [0.5, 0.6) is 0 Å². The molecule has 0 unspecified atom stereocenters. The summed E-state index contributed by atoms with van der Waals surface area (Å²) in [5, 5.41) is 0. The van der Waals surface area contributed by atoms with Gasteiger partial charge in [-0.15, -0.1) is 0 Å². The normalized spacial score (nSPS) is 14.5. The second kappa shape index (κ2) is 7.96. The van der Waals surface area contributed by atoms with E-state index in [1.807, 2.05) is 43.3 Å². The molecule has 1 aromatic heterocycles. The van der Waals surface area contributed by atoms with E-state index in [4.69, 9.17) is 4.74 Å². The number of carbonyl (C=O) groups excluding carboxylic acids is 1. The minimum absolute atomic E-state index is 0.253. The summed E-state index contributed by atoms with van der Waals surface area (Å²) in [5.74, 6) is 1.74. The van der Waals surface area contributed by atoms with E-state index in [9.17, 15) is 4.79 Å². The van der Waals surface area contributed by atoms with E-state index in [2.05, 4.69) is 21.8 Å². The number of hydrogen-bond donors (Lipinski definition) is 0. The molecule has 2 aromatic rings. The Hall–Kier alpha value is -2.63. The van der Waals surface area contributed by atoms with Gasteiger partial charge < -0.3 is 14.5 Å². The summed E-state index contributed by atoms with van der Waals surface area (Å²) >= 11 is 0. The van der Waals surface area contributed by atoms with Crippen LogP contribution in [0.3, 0.4) is 0 Å². The van der Waals surface area contributed by atoms with Gasteiger partial charge >= 0.3 is 6.09 Å². The fourth-order valence-electron chi connectivity index (χ4n) is 2.88. The molecule has 0 atom stereocenters. The fourth-order valence-corrected chi connectivity index (χ4v) is 2.88. The lowest BCUT2D eigenvalue weighted by Gasteiger charge is -2.35. The van der Waals surface area contributed by atoms with Crippen LogP contribution in [0.15, 0.2) is 36.4 Å². The van der Waals surface area contributed by atoms with Gasteiger partial charge in [-0.3, -0.25) is 0 Å². The van der Waals surface area contributed by atoms with E-state index < -0.39 is 0 Å². The minimum atomic E-state index is -0.253. The van der Waals surface area contributed by atoms with E-state index >= 15 is 0 Å². The highest BCUT2D eigenvalue weighted by Gasteiger charge is 2.23. The summed E-state index contributed by atoms with van der Waals surface area (Å²) in [7, 11) is 0. The molecule has 0 saturated carbocycles. The molecule has 2 heterocycles. The van der Waals surface area contributed by atoms with Gasteiger partial charge in [0.15, 0.2) is 0 Å². The highest BCUT2D eigenvalue weighted by Crippen LogP contribution is 2.16. The van der Waals surface area contributed by atoms with Gasteiger partial charge in [0.25, 0.3) is 0 Å². The first-order chi connectivity index (χ1) is 12.2. The minimum Gasteiger partial charge on any atom is -0.445 e. The molecule has 1 fully saturated rings. The summed E-state index contributed by atoms with van der Waals surface area (Å²) in [6.45, 7) is 7.09. The van der Waals surface area contributed by atoms with E-state index in [0.717, 1.165) is 42.4 Å². The van der Waals surface area contributed by atoms with Crippen molar-refractivity contribution >= 4 is 11.9 Å². The number of amides is 1. The van der Waals surface area contributed by atoms with Crippen LogP contribution in [0.2, 0.25) is 0 Å². The van der Waals surface area contributed by atoms with Crippen molar-refractivity contribution in [3.8, 4) is 0 Å². The lowest BCUT2D eigenvalue weighted by Crippen LogP contribution is -2.49. The Kier molecular flexibility index (Phi) is 5.48. The maximum Gasteiger partial charge on any atom is 0.410 e. The van der Waals surface area contributed by atoms with Crippen LogP contribution in [-0.4, -0.2) is 47.1 Å². The van der Waals surface area contributed by atoms with E-state index in [-0.39, 0.29) is 6.09 Å². The molecule has 0 spiro atoms. The van der Waals surface area contributed by atoms with Gasteiger partial charge in [0, 0.05) is 37.9 Å². The zero-order chi connectivity index (χ0) is 17.6. The standard InChI is InChI=1S/C19H24N4O2/c1-3-17-13-18(21-15(2)20-17)22-9-11-23(12-10-22)19(24)25-14-16-7-5-4-6-8-16/h4-8,13H,3,9-12,14H2,1-2H3. The van der Waals surface area contributed by atoms with E-state index in [1.165, 1.54) is 0 Å². The Bertz CT molecular complexity index is 713. The molecule has 1 aliphatic rings. The number of rotatable bonds is 4. The van der Waals surface area contributed by atoms with E-state index in [0.29, 0.717) is 19.7 Å². The molecule has 0 aliphatic carbocycles. The molecule has 0 radical (unpaired) electrons. The number of benzene rings is 1. The maximum atomic E-state index is 12.2. The largest absolute Gasteiger partial charge is 0.445 e. The number of carbonyl (C=O) groups is 1. The average Bonchev–Trinajstić information content (AvgIpc) is 2.66. The van der Waals surface area contributed by atoms with Crippen molar-refractivity contribution in [3.63, 3.8) is 0 Å². The van der Waals surface area contributed by atoms with Gasteiger partial charge in [0.2, 0.25) is 0 Å². The number of ether oxygens (including phenoxy) is 1. The summed E-state index contributed by atoms with van der Waals surface area (Å²) < 4.78 is 5.41. The highest BCUT2D eigenvalue weighted by atomic mass is 16.6. The second-order valence-corrected chi connectivity index (χ2v) is 6.13. The third-order valence-electron chi connectivity index (χ3n) is 4.31. The quantitative estimate of drug-likeness (QED) is 0.856. The maximum absolute atomic E-state index is 12.2. The van der Waals surface area contributed by atoms with Crippen LogP contribution in [0.1, 0.15) is 24.0 Å². The van der Waals surface area contributed by atoms with Gasteiger partial charge in [-0.05, 0) is 18.9 Å². The van der Waals surface area contributed by atoms with Crippen LogP contribution < -0.4 is 4.90 Å². The Morgan fingerprint density at radius 3 is 2.52 bits per heavy atom. The molecule has 25 heavy (non-hydrogen) atoms. The van der Waals surface area contributed by atoms with Gasteiger partial charge in [-0.2, -0.15) is 0 Å². The monoisotopic (exact) mass is 340 g/mol. The zero-order valence-electron chi connectivity index (χ0n) is 14.8. The lowest BCUT2D eigenvalue weighted by molar-refractivity contribution is 0.0941. The number of aromatic nitrogens is 2. The van der Waals surface area contributed by atoms with Crippen molar-refractivity contribution in [3.05, 3.63) is 53.5 Å². The molecule has 0 bridgehead atoms. The molecule has 1 aromatic carbocycles. The summed E-state index contributed by atoms with van der Waals surface area (Å²) in [5.41, 5.74) is 2.05. The van der Waals surface area contributed by atoms with Gasteiger partial charge in [-0.25, -0.2) is 14.8 Å². The Morgan fingerprint density at radius 1 is 1.12 bits per heavy atom. The average molecular weight is 340 g/mol. The Labute approximate surface area is 148 Å². The molecule has 1 amide bonds. The van der Waals surface area contributed by atoms with Gasteiger partial charge in [0.05, 0.1) is 0 Å². The fraction of sp³-hybridized carbons (Fsp3) is 0.421. The van der Waals surface area contributed by atoms with Gasteiger partial charge in [-0.1, -0.05) is 37.3 Å². The zero-order valence-corrected chi connectivity index (χ0v) is 14.8. The van der Waals surface area contributed by atoms with E-state index in [1.54, 1.807) is 4.90 Å². The number of anilines is 1. The molecule has 1 saturated heterocycles. The molecular weight excluding hydrogens is 316 g/mol. The smallest absolute Gasteiger partial charge is 0.410 e. The number of hydrogen-bond acceptors (Lipinski definition) is 5. The Morgan fingerprint density at radius 2 is 1.84 bits per heavy atom. The van der Waals surface area contributed by atoms with Crippen molar-refractivity contribution in [1.29, 1.82) is 0 Å². The number of aryl methyl sites for hydroxylation is 2. The molecular formula is C19H24N4O2. The Balaban J connectivity index is 1.53. The van der Waals surface area contributed by atoms with Crippen molar-refractivity contribution < 1.29 is 9.53 Å². The SMILES string of the molecule is CCc1cc(N2CCN(C(=O)OCc3ccccc3)CC2)nc(C)n1. The number of piperazine rings is 1. The van der Waals surface area contributed by atoms with Crippen LogP contribution in [-0.2, 0) is 17.8 Å². The molecule has 6 heteroatoms. The summed E-state index contributed by atoms with van der Waals surface area (Å²) in [6.07, 6.45) is 0.638. The number of nitrogens with zero attached hydrogens (tertiary/aromatic N) is 4. The van der Waals surface area contributed by atoms with Crippen LogP contribution in [0.4, 0.5) is 10.6 Å². The van der Waals surface area contributed by atoms with Crippen LogP contribution in [0, 0.1) is 6.92 Å². The van der Waals surface area contributed by atoms with Crippen LogP contribution in [0.25, 0.3) is 0 Å². The molecule has 6 nitrogen and oxygen atoms in total.